The number of aryl methyl sites for hydroxylation is 1. The molecule has 3 amide bonds. The average Bonchev–Trinajstić information content (AvgIpc) is 3.07. The minimum atomic E-state index is -0.306. The zero-order valence-corrected chi connectivity index (χ0v) is 18.4. The number of nitrogens with one attached hydrogen (secondary N) is 1. The monoisotopic (exact) mass is 419 g/mol. The van der Waals surface area contributed by atoms with Crippen molar-refractivity contribution in [1.82, 2.24) is 15.1 Å². The first-order valence-corrected chi connectivity index (χ1v) is 10.7. The van der Waals surface area contributed by atoms with Crippen LogP contribution in [0.15, 0.2) is 36.4 Å². The van der Waals surface area contributed by atoms with Gasteiger partial charge in [0.05, 0.1) is 6.54 Å². The summed E-state index contributed by atoms with van der Waals surface area (Å²) in [5, 5.41) is 2.78. The van der Waals surface area contributed by atoms with Gasteiger partial charge in [-0.05, 0) is 49.6 Å². The van der Waals surface area contributed by atoms with Crippen molar-refractivity contribution in [3.63, 3.8) is 0 Å². The molecule has 0 aliphatic rings. The molecule has 0 spiro atoms. The Morgan fingerprint density at radius 1 is 1.07 bits per heavy atom. The Morgan fingerprint density at radius 2 is 1.76 bits per heavy atom. The number of amides is 3. The molecule has 1 aromatic heterocycles. The fraction of sp³-hybridized carbons (Fsp3) is 0.455. The van der Waals surface area contributed by atoms with Crippen LogP contribution >= 0.6 is 11.3 Å². The minimum Gasteiger partial charge on any atom is -0.338 e. The number of thiophene rings is 1. The van der Waals surface area contributed by atoms with Gasteiger partial charge in [-0.1, -0.05) is 26.0 Å². The third-order valence-electron chi connectivity index (χ3n) is 4.31. The maximum atomic E-state index is 13.3. The van der Waals surface area contributed by atoms with E-state index in [1.165, 1.54) is 17.0 Å². The Hall–Kier alpha value is -2.41. The Morgan fingerprint density at radius 3 is 2.31 bits per heavy atom. The highest BCUT2D eigenvalue weighted by Gasteiger charge is 2.22. The number of nitrogens with zero attached hydrogens (tertiary/aromatic N) is 2. The zero-order valence-electron chi connectivity index (χ0n) is 17.6. The SMILES string of the molecule is CCNC(=O)N(CC(=O)N(Cc1ccc(F)cc1)Cc1ccc(C)s1)CC(C)C. The largest absolute Gasteiger partial charge is 0.338 e. The van der Waals surface area contributed by atoms with Crippen LogP contribution in [-0.4, -0.2) is 41.4 Å². The van der Waals surface area contributed by atoms with Crippen molar-refractivity contribution in [3.05, 3.63) is 57.5 Å². The lowest BCUT2D eigenvalue weighted by Crippen LogP contribution is -2.47. The van der Waals surface area contributed by atoms with Crippen molar-refractivity contribution in [2.24, 2.45) is 5.92 Å². The molecular weight excluding hydrogens is 389 g/mol. The fourth-order valence-electron chi connectivity index (χ4n) is 2.99. The maximum Gasteiger partial charge on any atom is 0.317 e. The van der Waals surface area contributed by atoms with E-state index in [4.69, 9.17) is 0 Å². The van der Waals surface area contributed by atoms with E-state index in [1.54, 1.807) is 33.3 Å². The molecule has 158 valence electrons. The van der Waals surface area contributed by atoms with Gasteiger partial charge in [0, 0.05) is 29.4 Å². The van der Waals surface area contributed by atoms with Crippen LogP contribution in [0.2, 0.25) is 0 Å². The number of carbonyl (C=O) groups excluding carboxylic acids is 2. The van der Waals surface area contributed by atoms with E-state index in [9.17, 15) is 14.0 Å². The molecule has 0 unspecified atom stereocenters. The van der Waals surface area contributed by atoms with E-state index in [-0.39, 0.29) is 30.2 Å². The van der Waals surface area contributed by atoms with Crippen LogP contribution in [-0.2, 0) is 17.9 Å². The molecular formula is C22H30FN3O2S. The van der Waals surface area contributed by atoms with E-state index >= 15 is 0 Å². The molecule has 0 saturated carbocycles. The Balaban J connectivity index is 2.18. The number of rotatable bonds is 9. The highest BCUT2D eigenvalue weighted by atomic mass is 32.1. The first-order valence-electron chi connectivity index (χ1n) is 9.88. The molecule has 1 aromatic carbocycles. The van der Waals surface area contributed by atoms with Crippen molar-refractivity contribution in [2.75, 3.05) is 19.6 Å². The highest BCUT2D eigenvalue weighted by molar-refractivity contribution is 7.11. The molecule has 1 heterocycles. The standard InChI is InChI=1S/C22H30FN3O2S/c1-5-24-22(28)26(12-16(2)3)15-21(27)25(14-20-11-6-17(4)29-20)13-18-7-9-19(23)10-8-18/h6-11,16H,5,12-15H2,1-4H3,(H,24,28). The van der Waals surface area contributed by atoms with E-state index in [2.05, 4.69) is 5.32 Å². The maximum absolute atomic E-state index is 13.3. The van der Waals surface area contributed by atoms with E-state index in [1.807, 2.05) is 39.8 Å². The second kappa shape index (κ2) is 11.0. The lowest BCUT2D eigenvalue weighted by molar-refractivity contribution is -0.133. The molecule has 29 heavy (non-hydrogen) atoms. The molecule has 1 N–H and O–H groups in total. The van der Waals surface area contributed by atoms with Gasteiger partial charge < -0.3 is 15.1 Å². The molecule has 0 atom stereocenters. The van der Waals surface area contributed by atoms with Crippen molar-refractivity contribution in [1.29, 1.82) is 0 Å². The number of carbonyl (C=O) groups is 2. The van der Waals surface area contributed by atoms with E-state index < -0.39 is 0 Å². The smallest absolute Gasteiger partial charge is 0.317 e. The number of hydrogen-bond acceptors (Lipinski definition) is 3. The van der Waals surface area contributed by atoms with Crippen LogP contribution in [0.1, 0.15) is 36.1 Å². The summed E-state index contributed by atoms with van der Waals surface area (Å²) >= 11 is 1.64. The predicted molar refractivity (Wildman–Crippen MR) is 115 cm³/mol. The molecule has 0 radical (unpaired) electrons. The Labute approximate surface area is 176 Å². The van der Waals surface area contributed by atoms with Gasteiger partial charge in [-0.2, -0.15) is 0 Å². The topological polar surface area (TPSA) is 52.7 Å². The number of benzene rings is 1. The van der Waals surface area contributed by atoms with Crippen molar-refractivity contribution in [3.8, 4) is 0 Å². The minimum absolute atomic E-state index is 0.00949. The van der Waals surface area contributed by atoms with Crippen LogP contribution in [0.5, 0.6) is 0 Å². The summed E-state index contributed by atoms with van der Waals surface area (Å²) in [6, 6.07) is 9.97. The fourth-order valence-corrected chi connectivity index (χ4v) is 3.89. The number of halogens is 1. The summed E-state index contributed by atoms with van der Waals surface area (Å²) in [5.74, 6) is -0.192. The summed E-state index contributed by atoms with van der Waals surface area (Å²) in [4.78, 5) is 31.1. The lowest BCUT2D eigenvalue weighted by atomic mass is 10.2. The summed E-state index contributed by atoms with van der Waals surface area (Å²) < 4.78 is 13.3. The molecule has 0 saturated heterocycles. The number of urea groups is 1. The molecule has 2 rings (SSSR count). The third kappa shape index (κ3) is 7.49. The van der Waals surface area contributed by atoms with Crippen molar-refractivity contribution in [2.45, 2.75) is 40.8 Å². The van der Waals surface area contributed by atoms with Gasteiger partial charge in [0.1, 0.15) is 12.4 Å². The summed E-state index contributed by atoms with van der Waals surface area (Å²) in [6.45, 7) is 9.75. The van der Waals surface area contributed by atoms with Crippen LogP contribution in [0.25, 0.3) is 0 Å². The van der Waals surface area contributed by atoms with E-state index in [0.717, 1.165) is 10.4 Å². The van der Waals surface area contributed by atoms with Crippen LogP contribution in [0.4, 0.5) is 9.18 Å². The first-order chi connectivity index (χ1) is 13.8. The average molecular weight is 420 g/mol. The summed E-state index contributed by atoms with van der Waals surface area (Å²) in [6.07, 6.45) is 0. The quantitative estimate of drug-likeness (QED) is 0.654. The van der Waals surface area contributed by atoms with Gasteiger partial charge in [0.2, 0.25) is 5.91 Å². The number of hydrogen-bond donors (Lipinski definition) is 1. The van der Waals surface area contributed by atoms with Gasteiger partial charge in [0.15, 0.2) is 0 Å². The third-order valence-corrected chi connectivity index (χ3v) is 5.29. The second-order valence-corrected chi connectivity index (χ2v) is 8.87. The molecule has 0 aliphatic carbocycles. The molecule has 0 bridgehead atoms. The second-order valence-electron chi connectivity index (χ2n) is 7.50. The first kappa shape index (κ1) is 22.9. The van der Waals surface area contributed by atoms with E-state index in [0.29, 0.717) is 26.2 Å². The van der Waals surface area contributed by atoms with Crippen LogP contribution in [0.3, 0.4) is 0 Å². The van der Waals surface area contributed by atoms with Gasteiger partial charge in [0.25, 0.3) is 0 Å². The van der Waals surface area contributed by atoms with Gasteiger partial charge in [-0.25, -0.2) is 9.18 Å². The Kier molecular flexibility index (Phi) is 8.64. The molecule has 2 aromatic rings. The Bertz CT molecular complexity index is 805. The predicted octanol–water partition coefficient (Wildman–Crippen LogP) is 4.41. The molecule has 5 nitrogen and oxygen atoms in total. The summed E-state index contributed by atoms with van der Waals surface area (Å²) in [5.41, 5.74) is 0.849. The van der Waals surface area contributed by atoms with Crippen LogP contribution in [0, 0.1) is 18.7 Å². The van der Waals surface area contributed by atoms with Gasteiger partial charge in [-0.3, -0.25) is 4.79 Å². The molecule has 0 fully saturated rings. The molecule has 7 heteroatoms. The zero-order chi connectivity index (χ0) is 21.4. The lowest BCUT2D eigenvalue weighted by Gasteiger charge is -2.28. The molecule has 0 aliphatic heterocycles. The highest BCUT2D eigenvalue weighted by Crippen LogP contribution is 2.19. The van der Waals surface area contributed by atoms with Gasteiger partial charge in [-0.15, -0.1) is 11.3 Å². The summed E-state index contributed by atoms with van der Waals surface area (Å²) in [7, 11) is 0. The van der Waals surface area contributed by atoms with Crippen LogP contribution < -0.4 is 5.32 Å². The van der Waals surface area contributed by atoms with Gasteiger partial charge >= 0.3 is 6.03 Å². The van der Waals surface area contributed by atoms with Crippen molar-refractivity contribution < 1.29 is 14.0 Å². The normalized spacial score (nSPS) is 10.8. The van der Waals surface area contributed by atoms with Crippen molar-refractivity contribution >= 4 is 23.3 Å².